The van der Waals surface area contributed by atoms with Crippen LogP contribution in [0.5, 0.6) is 5.75 Å². The van der Waals surface area contributed by atoms with Gasteiger partial charge in [-0.1, -0.05) is 45.7 Å². The van der Waals surface area contributed by atoms with E-state index in [1.165, 1.54) is 24.0 Å². The Hall–Kier alpha value is -2.75. The summed E-state index contributed by atoms with van der Waals surface area (Å²) in [6.07, 6.45) is 4.87. The van der Waals surface area contributed by atoms with Gasteiger partial charge < -0.3 is 15.4 Å². The van der Waals surface area contributed by atoms with E-state index in [-0.39, 0.29) is 17.2 Å². The molecule has 0 radical (unpaired) electrons. The van der Waals surface area contributed by atoms with Crippen LogP contribution >= 0.6 is 0 Å². The zero-order valence-electron chi connectivity index (χ0n) is 20.1. The summed E-state index contributed by atoms with van der Waals surface area (Å²) in [5, 5.41) is 7.34. The number of benzene rings is 2. The molecule has 0 bridgehead atoms. The van der Waals surface area contributed by atoms with Gasteiger partial charge >= 0.3 is 0 Å². The van der Waals surface area contributed by atoms with Crippen LogP contribution < -0.4 is 15.4 Å². The lowest BCUT2D eigenvalue weighted by atomic mass is 9.73. The first-order chi connectivity index (χ1) is 15.3. The number of hydrogen-bond acceptors (Lipinski definition) is 4. The first kappa shape index (κ1) is 22.4. The van der Waals surface area contributed by atoms with E-state index in [4.69, 9.17) is 4.74 Å². The average Bonchev–Trinajstić information content (AvgIpc) is 2.88. The van der Waals surface area contributed by atoms with E-state index < -0.39 is 0 Å². The van der Waals surface area contributed by atoms with Gasteiger partial charge in [0.25, 0.3) is 0 Å². The third-order valence-corrected chi connectivity index (χ3v) is 6.66. The number of hydrogen-bond donors (Lipinski definition) is 2. The van der Waals surface area contributed by atoms with E-state index in [0.717, 1.165) is 53.4 Å². The highest BCUT2D eigenvalue weighted by Gasteiger charge is 2.38. The molecule has 1 unspecified atom stereocenters. The summed E-state index contributed by atoms with van der Waals surface area (Å²) in [6, 6.07) is 12.4. The molecule has 1 heterocycles. The van der Waals surface area contributed by atoms with Crippen molar-refractivity contribution >= 4 is 17.2 Å². The zero-order chi connectivity index (χ0) is 22.9. The number of rotatable bonds is 6. The first-order valence-corrected chi connectivity index (χ1v) is 11.9. The molecule has 0 saturated carbocycles. The molecular formula is C28H36N2O2. The van der Waals surface area contributed by atoms with Crippen molar-refractivity contribution in [3.8, 4) is 5.75 Å². The maximum absolute atomic E-state index is 13.4. The van der Waals surface area contributed by atoms with Crippen molar-refractivity contribution < 1.29 is 9.53 Å². The fourth-order valence-corrected chi connectivity index (χ4v) is 4.76. The van der Waals surface area contributed by atoms with Crippen LogP contribution in [0, 0.1) is 19.3 Å². The molecule has 1 atom stereocenters. The molecule has 170 valence electrons. The number of ether oxygens (including phenoxy) is 1. The maximum atomic E-state index is 13.4. The minimum Gasteiger partial charge on any atom is -0.494 e. The Balaban J connectivity index is 1.70. The Bertz CT molecular complexity index is 1030. The predicted octanol–water partition coefficient (Wildman–Crippen LogP) is 7.09. The molecule has 0 aromatic heterocycles. The molecular weight excluding hydrogens is 396 g/mol. The van der Waals surface area contributed by atoms with Gasteiger partial charge in [-0.25, -0.2) is 0 Å². The summed E-state index contributed by atoms with van der Waals surface area (Å²) < 4.78 is 5.90. The first-order valence-electron chi connectivity index (χ1n) is 11.9. The molecule has 0 fully saturated rings. The standard InChI is InChI=1S/C28H36N2O2/c1-6-7-8-13-32-21-11-9-20(10-12-21)27-26-24(16-28(4,5)17-25(26)31)29-22-14-18(2)19(3)15-23(22)30-27/h9-12,14-15,27,29-30H,6-8,13,16-17H2,1-5H3. The Morgan fingerprint density at radius 1 is 1.00 bits per heavy atom. The minimum atomic E-state index is -0.182. The van der Waals surface area contributed by atoms with Crippen LogP contribution in [0.25, 0.3) is 0 Å². The van der Waals surface area contributed by atoms with Crippen molar-refractivity contribution in [2.75, 3.05) is 17.2 Å². The quantitative estimate of drug-likeness (QED) is 0.478. The van der Waals surface area contributed by atoms with E-state index in [9.17, 15) is 4.79 Å². The van der Waals surface area contributed by atoms with Crippen LogP contribution in [0.2, 0.25) is 0 Å². The summed E-state index contributed by atoms with van der Waals surface area (Å²) in [5.41, 5.74) is 7.51. The Morgan fingerprint density at radius 2 is 1.69 bits per heavy atom. The molecule has 2 aromatic rings. The molecule has 4 rings (SSSR count). The van der Waals surface area contributed by atoms with Crippen molar-refractivity contribution in [1.82, 2.24) is 0 Å². The van der Waals surface area contributed by atoms with Crippen molar-refractivity contribution in [3.05, 3.63) is 64.4 Å². The number of allylic oxidation sites excluding steroid dienone is 1. The van der Waals surface area contributed by atoms with Crippen LogP contribution in [-0.4, -0.2) is 12.4 Å². The monoisotopic (exact) mass is 432 g/mol. The molecule has 4 heteroatoms. The molecule has 0 amide bonds. The largest absolute Gasteiger partial charge is 0.494 e. The second-order valence-electron chi connectivity index (χ2n) is 10.1. The van der Waals surface area contributed by atoms with Gasteiger partial charge in [-0.15, -0.1) is 0 Å². The third kappa shape index (κ3) is 4.69. The molecule has 32 heavy (non-hydrogen) atoms. The molecule has 4 nitrogen and oxygen atoms in total. The van der Waals surface area contributed by atoms with Crippen LogP contribution in [0.1, 0.15) is 75.6 Å². The van der Waals surface area contributed by atoms with E-state index >= 15 is 0 Å². The van der Waals surface area contributed by atoms with Gasteiger partial charge in [0.1, 0.15) is 5.75 Å². The van der Waals surface area contributed by atoms with Gasteiger partial charge in [-0.05, 0) is 73.1 Å². The number of carbonyl (C=O) groups excluding carboxylic acids is 1. The predicted molar refractivity (Wildman–Crippen MR) is 132 cm³/mol. The number of fused-ring (bicyclic) bond motifs is 1. The summed E-state index contributed by atoms with van der Waals surface area (Å²) in [6.45, 7) is 11.5. The molecule has 2 N–H and O–H groups in total. The van der Waals surface area contributed by atoms with Crippen LogP contribution in [0.3, 0.4) is 0 Å². The summed E-state index contributed by atoms with van der Waals surface area (Å²) in [4.78, 5) is 13.4. The smallest absolute Gasteiger partial charge is 0.163 e. The topological polar surface area (TPSA) is 50.4 Å². The lowest BCUT2D eigenvalue weighted by Crippen LogP contribution is -2.31. The third-order valence-electron chi connectivity index (χ3n) is 6.66. The van der Waals surface area contributed by atoms with Crippen molar-refractivity contribution in [1.29, 1.82) is 0 Å². The summed E-state index contributed by atoms with van der Waals surface area (Å²) in [5.74, 6) is 1.11. The number of unbranched alkanes of at least 4 members (excludes halogenated alkanes) is 2. The van der Waals surface area contributed by atoms with Crippen molar-refractivity contribution in [2.45, 2.75) is 72.8 Å². The van der Waals surface area contributed by atoms with Crippen LogP contribution in [0.15, 0.2) is 47.7 Å². The SMILES string of the molecule is CCCCCOc1ccc(C2Nc3cc(C)c(C)cc3NC3=C2C(=O)CC(C)(C)C3)cc1. The van der Waals surface area contributed by atoms with E-state index in [1.807, 2.05) is 12.1 Å². The second-order valence-corrected chi connectivity index (χ2v) is 10.1. The fourth-order valence-electron chi connectivity index (χ4n) is 4.76. The van der Waals surface area contributed by atoms with E-state index in [2.05, 4.69) is 69.5 Å². The molecule has 0 spiro atoms. The van der Waals surface area contributed by atoms with Crippen LogP contribution in [0.4, 0.5) is 11.4 Å². The Labute approximate surface area is 192 Å². The lowest BCUT2D eigenvalue weighted by Gasteiger charge is -2.34. The molecule has 2 aromatic carbocycles. The highest BCUT2D eigenvalue weighted by Crippen LogP contribution is 2.46. The Kier molecular flexibility index (Phi) is 6.32. The molecule has 1 aliphatic heterocycles. The number of Topliss-reactive ketones (excluding diaryl/α,β-unsaturated/α-hetero) is 1. The van der Waals surface area contributed by atoms with E-state index in [0.29, 0.717) is 6.42 Å². The normalized spacial score (nSPS) is 19.4. The van der Waals surface area contributed by atoms with Crippen molar-refractivity contribution in [3.63, 3.8) is 0 Å². The fraction of sp³-hybridized carbons (Fsp3) is 0.464. The van der Waals surface area contributed by atoms with Gasteiger partial charge in [-0.3, -0.25) is 4.79 Å². The summed E-state index contributed by atoms with van der Waals surface area (Å²) in [7, 11) is 0. The van der Waals surface area contributed by atoms with Gasteiger partial charge in [0, 0.05) is 17.7 Å². The average molecular weight is 433 g/mol. The number of carbonyl (C=O) groups is 1. The maximum Gasteiger partial charge on any atom is 0.163 e. The lowest BCUT2D eigenvalue weighted by molar-refractivity contribution is -0.118. The highest BCUT2D eigenvalue weighted by atomic mass is 16.5. The number of aryl methyl sites for hydroxylation is 2. The second kappa shape index (κ2) is 9.01. The zero-order valence-corrected chi connectivity index (χ0v) is 20.1. The van der Waals surface area contributed by atoms with Crippen LogP contribution in [-0.2, 0) is 4.79 Å². The van der Waals surface area contributed by atoms with Gasteiger partial charge in [-0.2, -0.15) is 0 Å². The van der Waals surface area contributed by atoms with Crippen molar-refractivity contribution in [2.24, 2.45) is 5.41 Å². The van der Waals surface area contributed by atoms with Gasteiger partial charge in [0.2, 0.25) is 0 Å². The number of ketones is 1. The minimum absolute atomic E-state index is 0.0477. The Morgan fingerprint density at radius 3 is 2.38 bits per heavy atom. The summed E-state index contributed by atoms with van der Waals surface area (Å²) >= 11 is 0. The molecule has 2 aliphatic rings. The molecule has 1 aliphatic carbocycles. The van der Waals surface area contributed by atoms with Gasteiger partial charge in [0.05, 0.1) is 24.0 Å². The van der Waals surface area contributed by atoms with E-state index in [1.54, 1.807) is 0 Å². The number of anilines is 2. The number of nitrogens with one attached hydrogen (secondary N) is 2. The van der Waals surface area contributed by atoms with Gasteiger partial charge in [0.15, 0.2) is 5.78 Å². The molecule has 0 saturated heterocycles. The highest BCUT2D eigenvalue weighted by molar-refractivity contribution is 6.01.